The number of para-hydroxylation sites is 1. The highest BCUT2D eigenvalue weighted by molar-refractivity contribution is 5.58. The summed E-state index contributed by atoms with van der Waals surface area (Å²) in [6, 6.07) is 9.64. The van der Waals surface area contributed by atoms with E-state index in [1.807, 2.05) is 43.5 Å². The summed E-state index contributed by atoms with van der Waals surface area (Å²) in [4.78, 5) is 4.33. The highest BCUT2D eigenvalue weighted by atomic mass is 16.5. The van der Waals surface area contributed by atoms with E-state index in [1.165, 1.54) is 5.56 Å². The highest BCUT2D eigenvalue weighted by Crippen LogP contribution is 2.29. The predicted octanol–water partition coefficient (Wildman–Crippen LogP) is 4.06. The van der Waals surface area contributed by atoms with Gasteiger partial charge in [-0.3, -0.25) is 0 Å². The van der Waals surface area contributed by atoms with Crippen molar-refractivity contribution in [3.05, 3.63) is 47.7 Å². The van der Waals surface area contributed by atoms with Crippen LogP contribution < -0.4 is 10.5 Å². The SMILES string of the molecule is Cc1cccc(Oc2ccc(C(C)(C)C)cn2)c1N. The van der Waals surface area contributed by atoms with Crippen LogP contribution in [0.2, 0.25) is 0 Å². The molecule has 0 saturated carbocycles. The Balaban J connectivity index is 2.23. The maximum Gasteiger partial charge on any atom is 0.219 e. The number of nitrogens with zero attached hydrogens (tertiary/aromatic N) is 1. The van der Waals surface area contributed by atoms with E-state index in [9.17, 15) is 0 Å². The Morgan fingerprint density at radius 2 is 1.84 bits per heavy atom. The van der Waals surface area contributed by atoms with Gasteiger partial charge in [-0.25, -0.2) is 4.98 Å². The second kappa shape index (κ2) is 4.92. The van der Waals surface area contributed by atoms with E-state index in [4.69, 9.17) is 10.5 Å². The highest BCUT2D eigenvalue weighted by Gasteiger charge is 2.14. The van der Waals surface area contributed by atoms with Crippen molar-refractivity contribution in [3.63, 3.8) is 0 Å². The van der Waals surface area contributed by atoms with Crippen LogP contribution in [0.5, 0.6) is 11.6 Å². The van der Waals surface area contributed by atoms with Crippen molar-refractivity contribution in [1.29, 1.82) is 0 Å². The number of nitrogen functional groups attached to an aromatic ring is 1. The van der Waals surface area contributed by atoms with Crippen LogP contribution in [0, 0.1) is 6.92 Å². The molecule has 0 aliphatic rings. The van der Waals surface area contributed by atoms with Gasteiger partial charge >= 0.3 is 0 Å². The second-order valence-electron chi connectivity index (χ2n) is 5.72. The van der Waals surface area contributed by atoms with Crippen LogP contribution in [-0.2, 0) is 5.41 Å². The van der Waals surface area contributed by atoms with Gasteiger partial charge in [0, 0.05) is 12.3 Å². The number of ether oxygens (including phenoxy) is 1. The van der Waals surface area contributed by atoms with E-state index in [0.29, 0.717) is 17.3 Å². The molecule has 0 bridgehead atoms. The molecule has 0 atom stereocenters. The van der Waals surface area contributed by atoms with Crippen molar-refractivity contribution in [3.8, 4) is 11.6 Å². The van der Waals surface area contributed by atoms with Gasteiger partial charge in [-0.05, 0) is 29.5 Å². The third-order valence-corrected chi connectivity index (χ3v) is 3.10. The fourth-order valence-corrected chi connectivity index (χ4v) is 1.74. The molecular formula is C16H20N2O. The monoisotopic (exact) mass is 256 g/mol. The van der Waals surface area contributed by atoms with Gasteiger partial charge in [0.1, 0.15) is 0 Å². The molecule has 2 aromatic rings. The van der Waals surface area contributed by atoms with Crippen molar-refractivity contribution in [2.24, 2.45) is 0 Å². The number of anilines is 1. The first-order valence-corrected chi connectivity index (χ1v) is 6.37. The molecule has 1 heterocycles. The molecule has 0 aliphatic carbocycles. The molecule has 0 radical (unpaired) electrons. The van der Waals surface area contributed by atoms with Crippen molar-refractivity contribution in [2.75, 3.05) is 5.73 Å². The molecule has 0 saturated heterocycles. The maximum atomic E-state index is 5.98. The van der Waals surface area contributed by atoms with Gasteiger partial charge < -0.3 is 10.5 Å². The Labute approximate surface area is 114 Å². The molecule has 3 heteroatoms. The molecule has 0 unspecified atom stereocenters. The summed E-state index contributed by atoms with van der Waals surface area (Å²) in [6.07, 6.45) is 1.85. The van der Waals surface area contributed by atoms with E-state index in [0.717, 1.165) is 5.56 Å². The molecule has 100 valence electrons. The lowest BCUT2D eigenvalue weighted by Gasteiger charge is -2.18. The molecule has 19 heavy (non-hydrogen) atoms. The van der Waals surface area contributed by atoms with E-state index in [2.05, 4.69) is 25.8 Å². The second-order valence-corrected chi connectivity index (χ2v) is 5.72. The van der Waals surface area contributed by atoms with Crippen LogP contribution in [-0.4, -0.2) is 4.98 Å². The predicted molar refractivity (Wildman–Crippen MR) is 78.6 cm³/mol. The molecule has 1 aromatic heterocycles. The Kier molecular flexibility index (Phi) is 3.47. The average Bonchev–Trinajstić information content (AvgIpc) is 2.35. The summed E-state index contributed by atoms with van der Waals surface area (Å²) in [7, 11) is 0. The molecular weight excluding hydrogens is 236 g/mol. The van der Waals surface area contributed by atoms with Crippen LogP contribution >= 0.6 is 0 Å². The summed E-state index contributed by atoms with van der Waals surface area (Å²) in [5.41, 5.74) is 8.91. The maximum absolute atomic E-state index is 5.98. The van der Waals surface area contributed by atoms with Gasteiger partial charge in [0.25, 0.3) is 0 Å². The minimum atomic E-state index is 0.0912. The number of hydrogen-bond acceptors (Lipinski definition) is 3. The minimum absolute atomic E-state index is 0.0912. The first-order valence-electron chi connectivity index (χ1n) is 6.37. The van der Waals surface area contributed by atoms with Gasteiger partial charge in [-0.2, -0.15) is 0 Å². The topological polar surface area (TPSA) is 48.1 Å². The summed E-state index contributed by atoms with van der Waals surface area (Å²) in [6.45, 7) is 8.42. The summed E-state index contributed by atoms with van der Waals surface area (Å²) < 4.78 is 5.72. The van der Waals surface area contributed by atoms with Crippen LogP contribution in [0.3, 0.4) is 0 Å². The van der Waals surface area contributed by atoms with Crippen molar-refractivity contribution in [1.82, 2.24) is 4.98 Å². The summed E-state index contributed by atoms with van der Waals surface area (Å²) in [5.74, 6) is 1.21. The molecule has 2 N–H and O–H groups in total. The van der Waals surface area contributed by atoms with Crippen LogP contribution in [0.15, 0.2) is 36.5 Å². The van der Waals surface area contributed by atoms with Crippen molar-refractivity contribution < 1.29 is 4.74 Å². The zero-order valence-electron chi connectivity index (χ0n) is 11.9. The third-order valence-electron chi connectivity index (χ3n) is 3.10. The lowest BCUT2D eigenvalue weighted by atomic mass is 9.88. The van der Waals surface area contributed by atoms with Crippen molar-refractivity contribution in [2.45, 2.75) is 33.1 Å². The Morgan fingerprint density at radius 3 is 2.42 bits per heavy atom. The van der Waals surface area contributed by atoms with Gasteiger partial charge in [-0.15, -0.1) is 0 Å². The zero-order valence-corrected chi connectivity index (χ0v) is 11.9. The fourth-order valence-electron chi connectivity index (χ4n) is 1.74. The summed E-state index contributed by atoms with van der Waals surface area (Å²) in [5, 5.41) is 0. The number of rotatable bonds is 2. The normalized spacial score (nSPS) is 11.4. The molecule has 1 aromatic carbocycles. The first-order chi connectivity index (χ1) is 8.88. The van der Waals surface area contributed by atoms with E-state index < -0.39 is 0 Å². The smallest absolute Gasteiger partial charge is 0.219 e. The lowest BCUT2D eigenvalue weighted by Crippen LogP contribution is -2.11. The molecule has 0 fully saturated rings. The number of aryl methyl sites for hydroxylation is 1. The third kappa shape index (κ3) is 3.05. The van der Waals surface area contributed by atoms with E-state index in [-0.39, 0.29) is 5.41 Å². The van der Waals surface area contributed by atoms with Gasteiger partial charge in [-0.1, -0.05) is 39.0 Å². The zero-order chi connectivity index (χ0) is 14.0. The first kappa shape index (κ1) is 13.4. The van der Waals surface area contributed by atoms with Crippen LogP contribution in [0.25, 0.3) is 0 Å². The molecule has 2 rings (SSSR count). The number of benzene rings is 1. The molecule has 0 amide bonds. The van der Waals surface area contributed by atoms with Crippen LogP contribution in [0.1, 0.15) is 31.9 Å². The fraction of sp³-hybridized carbons (Fsp3) is 0.312. The lowest BCUT2D eigenvalue weighted by molar-refractivity contribution is 0.462. The standard InChI is InChI=1S/C16H20N2O/c1-11-6-5-7-13(15(11)17)19-14-9-8-12(10-18-14)16(2,3)4/h5-10H,17H2,1-4H3. The molecule has 3 nitrogen and oxygen atoms in total. The number of aromatic nitrogens is 1. The van der Waals surface area contributed by atoms with Crippen LogP contribution in [0.4, 0.5) is 5.69 Å². The Morgan fingerprint density at radius 1 is 1.11 bits per heavy atom. The van der Waals surface area contributed by atoms with Gasteiger partial charge in [0.05, 0.1) is 5.69 Å². The van der Waals surface area contributed by atoms with E-state index >= 15 is 0 Å². The average molecular weight is 256 g/mol. The van der Waals surface area contributed by atoms with E-state index in [1.54, 1.807) is 0 Å². The number of pyridine rings is 1. The Bertz CT molecular complexity index is 568. The molecule has 0 spiro atoms. The number of hydrogen-bond donors (Lipinski definition) is 1. The quantitative estimate of drug-likeness (QED) is 0.824. The van der Waals surface area contributed by atoms with Crippen molar-refractivity contribution >= 4 is 5.69 Å². The molecule has 0 aliphatic heterocycles. The van der Waals surface area contributed by atoms with Gasteiger partial charge in [0.15, 0.2) is 5.75 Å². The summed E-state index contributed by atoms with van der Waals surface area (Å²) >= 11 is 0. The number of nitrogens with two attached hydrogens (primary N) is 1. The largest absolute Gasteiger partial charge is 0.437 e. The Hall–Kier alpha value is -2.03. The minimum Gasteiger partial charge on any atom is -0.437 e. The van der Waals surface area contributed by atoms with Gasteiger partial charge in [0.2, 0.25) is 5.88 Å².